The minimum absolute atomic E-state index is 0.100. The van der Waals surface area contributed by atoms with Gasteiger partial charge in [0.1, 0.15) is 0 Å². The molecule has 0 spiro atoms. The van der Waals surface area contributed by atoms with Crippen LogP contribution in [0.5, 0.6) is 0 Å². The van der Waals surface area contributed by atoms with Crippen LogP contribution in [0.25, 0.3) is 0 Å². The fraction of sp³-hybridized carbons (Fsp3) is 0.333. The molecule has 0 atom stereocenters. The first-order valence-corrected chi connectivity index (χ1v) is 10.7. The summed E-state index contributed by atoms with van der Waals surface area (Å²) in [5.41, 5.74) is 1.42. The van der Waals surface area contributed by atoms with Crippen molar-refractivity contribution in [3.8, 4) is 0 Å². The van der Waals surface area contributed by atoms with E-state index in [1.54, 1.807) is 39.0 Å². The van der Waals surface area contributed by atoms with Gasteiger partial charge in [-0.2, -0.15) is 0 Å². The lowest BCUT2D eigenvalue weighted by molar-refractivity contribution is -0.116. The van der Waals surface area contributed by atoms with Crippen molar-refractivity contribution in [1.29, 1.82) is 0 Å². The summed E-state index contributed by atoms with van der Waals surface area (Å²) < 4.78 is 27.1. The zero-order valence-electron chi connectivity index (χ0n) is 17.1. The minimum atomic E-state index is -3.63. The summed E-state index contributed by atoms with van der Waals surface area (Å²) in [6.45, 7) is 7.38. The first-order valence-electron chi connectivity index (χ1n) is 9.25. The Bertz CT molecular complexity index is 978. The Hall–Kier alpha value is -2.71. The van der Waals surface area contributed by atoms with E-state index in [4.69, 9.17) is 0 Å². The molecule has 0 aliphatic heterocycles. The number of aryl methyl sites for hydroxylation is 1. The van der Waals surface area contributed by atoms with Gasteiger partial charge < -0.3 is 10.6 Å². The predicted octanol–water partition coefficient (Wildman–Crippen LogP) is 2.83. The summed E-state index contributed by atoms with van der Waals surface area (Å²) in [7, 11) is -3.63. The van der Waals surface area contributed by atoms with Gasteiger partial charge in [-0.1, -0.05) is 17.7 Å². The van der Waals surface area contributed by atoms with Gasteiger partial charge in [0.2, 0.25) is 15.9 Å². The molecule has 0 unspecified atom stereocenters. The summed E-state index contributed by atoms with van der Waals surface area (Å²) in [6.07, 6.45) is 0.100. The van der Waals surface area contributed by atoms with Gasteiger partial charge in [0.15, 0.2) is 0 Å². The highest BCUT2D eigenvalue weighted by Gasteiger charge is 2.21. The molecule has 2 rings (SSSR count). The summed E-state index contributed by atoms with van der Waals surface area (Å²) in [6, 6.07) is 13.1. The average molecular weight is 418 g/mol. The number of hydrogen-bond donors (Lipinski definition) is 3. The van der Waals surface area contributed by atoms with E-state index in [-0.39, 0.29) is 29.7 Å². The number of carbonyl (C=O) groups excluding carboxylic acids is 2. The van der Waals surface area contributed by atoms with Crippen LogP contribution in [0.1, 0.15) is 43.1 Å². The standard InChI is InChI=1S/C21H27N3O4S/c1-15-6-5-7-16(14-15)20(26)22-13-12-19(25)23-17-8-10-18(11-9-17)29(27,28)24-21(2,3)4/h5-11,14,24H,12-13H2,1-4H3,(H,22,26)(H,23,25). The van der Waals surface area contributed by atoms with E-state index in [9.17, 15) is 18.0 Å². The Morgan fingerprint density at radius 1 is 1.00 bits per heavy atom. The molecule has 0 aliphatic rings. The molecule has 2 aromatic rings. The fourth-order valence-corrected chi connectivity index (χ4v) is 4.00. The predicted molar refractivity (Wildman–Crippen MR) is 113 cm³/mol. The molecule has 2 aromatic carbocycles. The summed E-state index contributed by atoms with van der Waals surface area (Å²) >= 11 is 0. The van der Waals surface area contributed by atoms with Crippen molar-refractivity contribution >= 4 is 27.5 Å². The molecule has 3 N–H and O–H groups in total. The number of amides is 2. The van der Waals surface area contributed by atoms with Crippen LogP contribution in [-0.4, -0.2) is 32.3 Å². The minimum Gasteiger partial charge on any atom is -0.352 e. The lowest BCUT2D eigenvalue weighted by Crippen LogP contribution is -2.40. The van der Waals surface area contributed by atoms with Gasteiger partial charge >= 0.3 is 0 Å². The van der Waals surface area contributed by atoms with Crippen molar-refractivity contribution < 1.29 is 18.0 Å². The van der Waals surface area contributed by atoms with E-state index in [1.807, 2.05) is 13.0 Å². The third-order valence-corrected chi connectivity index (χ3v) is 5.58. The maximum Gasteiger partial charge on any atom is 0.251 e. The second kappa shape index (κ2) is 9.19. The van der Waals surface area contributed by atoms with Gasteiger partial charge in [-0.3, -0.25) is 9.59 Å². The zero-order chi connectivity index (χ0) is 21.7. The first kappa shape index (κ1) is 22.6. The van der Waals surface area contributed by atoms with Gasteiger partial charge in [-0.25, -0.2) is 13.1 Å². The van der Waals surface area contributed by atoms with Gasteiger partial charge in [0.25, 0.3) is 5.91 Å². The van der Waals surface area contributed by atoms with Crippen molar-refractivity contribution in [3.63, 3.8) is 0 Å². The van der Waals surface area contributed by atoms with Crippen molar-refractivity contribution in [2.24, 2.45) is 0 Å². The van der Waals surface area contributed by atoms with Crippen LogP contribution >= 0.6 is 0 Å². The summed E-state index contributed by atoms with van der Waals surface area (Å²) in [5, 5.41) is 5.39. The molecule has 8 heteroatoms. The lowest BCUT2D eigenvalue weighted by atomic mass is 10.1. The van der Waals surface area contributed by atoms with E-state index < -0.39 is 15.6 Å². The molecule has 0 bridgehead atoms. The molecule has 0 saturated heterocycles. The molecule has 0 saturated carbocycles. The van der Waals surface area contributed by atoms with E-state index in [1.165, 1.54) is 24.3 Å². The van der Waals surface area contributed by atoms with Crippen LogP contribution in [-0.2, 0) is 14.8 Å². The molecule has 156 valence electrons. The highest BCUT2D eigenvalue weighted by atomic mass is 32.2. The summed E-state index contributed by atoms with van der Waals surface area (Å²) in [5.74, 6) is -0.514. The lowest BCUT2D eigenvalue weighted by Gasteiger charge is -2.20. The Morgan fingerprint density at radius 2 is 1.66 bits per heavy atom. The first-order chi connectivity index (χ1) is 13.5. The van der Waals surface area contributed by atoms with Crippen LogP contribution in [0.3, 0.4) is 0 Å². The van der Waals surface area contributed by atoms with E-state index in [0.29, 0.717) is 11.3 Å². The van der Waals surface area contributed by atoms with E-state index in [0.717, 1.165) is 5.56 Å². The van der Waals surface area contributed by atoms with Crippen molar-refractivity contribution in [2.75, 3.05) is 11.9 Å². The maximum absolute atomic E-state index is 12.3. The molecule has 0 aliphatic carbocycles. The Morgan fingerprint density at radius 3 is 2.24 bits per heavy atom. The smallest absolute Gasteiger partial charge is 0.251 e. The number of hydrogen-bond acceptors (Lipinski definition) is 4. The van der Waals surface area contributed by atoms with Crippen molar-refractivity contribution in [1.82, 2.24) is 10.0 Å². The molecule has 0 radical (unpaired) electrons. The number of rotatable bonds is 7. The van der Waals surface area contributed by atoms with Crippen LogP contribution in [0.2, 0.25) is 0 Å². The van der Waals surface area contributed by atoms with Crippen LogP contribution in [0.4, 0.5) is 5.69 Å². The van der Waals surface area contributed by atoms with Gasteiger partial charge in [-0.15, -0.1) is 0 Å². The Kier molecular flexibility index (Phi) is 7.16. The second-order valence-corrected chi connectivity index (χ2v) is 9.49. The average Bonchev–Trinajstić information content (AvgIpc) is 2.60. The third kappa shape index (κ3) is 7.32. The normalized spacial score (nSPS) is 11.7. The number of sulfonamides is 1. The van der Waals surface area contributed by atoms with Gasteiger partial charge in [0, 0.05) is 29.8 Å². The maximum atomic E-state index is 12.3. The largest absolute Gasteiger partial charge is 0.352 e. The van der Waals surface area contributed by atoms with Crippen molar-refractivity contribution in [2.45, 2.75) is 44.6 Å². The molecular formula is C21H27N3O4S. The summed E-state index contributed by atoms with van der Waals surface area (Å²) in [4.78, 5) is 24.2. The number of anilines is 1. The van der Waals surface area contributed by atoms with E-state index in [2.05, 4.69) is 15.4 Å². The van der Waals surface area contributed by atoms with Gasteiger partial charge in [-0.05, 0) is 64.1 Å². The third-order valence-electron chi connectivity index (χ3n) is 3.81. The van der Waals surface area contributed by atoms with Gasteiger partial charge in [0.05, 0.1) is 4.90 Å². The highest BCUT2D eigenvalue weighted by Crippen LogP contribution is 2.16. The van der Waals surface area contributed by atoms with Crippen molar-refractivity contribution in [3.05, 3.63) is 59.7 Å². The number of benzene rings is 2. The van der Waals surface area contributed by atoms with Crippen LogP contribution in [0.15, 0.2) is 53.4 Å². The Balaban J connectivity index is 1.85. The Labute approximate surface area is 172 Å². The SMILES string of the molecule is Cc1cccc(C(=O)NCCC(=O)Nc2ccc(S(=O)(=O)NC(C)(C)C)cc2)c1. The zero-order valence-corrected chi connectivity index (χ0v) is 17.9. The quantitative estimate of drug-likeness (QED) is 0.644. The molecule has 2 amide bonds. The molecule has 0 fully saturated rings. The van der Waals surface area contributed by atoms with Crippen LogP contribution < -0.4 is 15.4 Å². The van der Waals surface area contributed by atoms with E-state index >= 15 is 0 Å². The molecule has 0 heterocycles. The molecule has 29 heavy (non-hydrogen) atoms. The monoisotopic (exact) mass is 417 g/mol. The molecule has 0 aromatic heterocycles. The molecule has 7 nitrogen and oxygen atoms in total. The topological polar surface area (TPSA) is 104 Å². The fourth-order valence-electron chi connectivity index (χ4n) is 2.58. The second-order valence-electron chi connectivity index (χ2n) is 7.80. The number of nitrogens with one attached hydrogen (secondary N) is 3. The molecular weight excluding hydrogens is 390 g/mol. The highest BCUT2D eigenvalue weighted by molar-refractivity contribution is 7.89. The number of carbonyl (C=O) groups is 2. The van der Waals surface area contributed by atoms with Crippen LogP contribution in [0, 0.1) is 6.92 Å².